The molecule has 5 nitrogen and oxygen atoms in total. The van der Waals surface area contributed by atoms with Crippen molar-refractivity contribution in [3.63, 3.8) is 0 Å². The molecule has 116 valence electrons. The van der Waals surface area contributed by atoms with Crippen molar-refractivity contribution in [3.8, 4) is 5.75 Å². The summed E-state index contributed by atoms with van der Waals surface area (Å²) in [6.45, 7) is 3.93. The molecule has 1 rings (SSSR count). The van der Waals surface area contributed by atoms with Gasteiger partial charge in [0.2, 0.25) is 0 Å². The van der Waals surface area contributed by atoms with E-state index in [1.165, 1.54) is 7.11 Å². The molecule has 0 radical (unpaired) electrons. The van der Waals surface area contributed by atoms with E-state index in [9.17, 15) is 9.59 Å². The van der Waals surface area contributed by atoms with Crippen LogP contribution in [0, 0.1) is 0 Å². The zero-order valence-corrected chi connectivity index (χ0v) is 13.0. The maximum absolute atomic E-state index is 12.5. The van der Waals surface area contributed by atoms with Crippen molar-refractivity contribution in [2.24, 2.45) is 0 Å². The number of hydrogen-bond acceptors (Lipinski definition) is 5. The summed E-state index contributed by atoms with van der Waals surface area (Å²) in [6, 6.07) is 6.70. The second-order valence-electron chi connectivity index (χ2n) is 5.08. The van der Waals surface area contributed by atoms with Gasteiger partial charge in [-0.2, -0.15) is 0 Å². The van der Waals surface area contributed by atoms with Crippen LogP contribution < -0.4 is 10.1 Å². The molecule has 0 aliphatic carbocycles. The van der Waals surface area contributed by atoms with Crippen LogP contribution in [0.15, 0.2) is 24.3 Å². The van der Waals surface area contributed by atoms with Gasteiger partial charge < -0.3 is 14.8 Å². The molecule has 1 atom stereocenters. The quantitative estimate of drug-likeness (QED) is 0.588. The molecule has 0 spiro atoms. The number of benzene rings is 1. The van der Waals surface area contributed by atoms with Crippen LogP contribution in [0.1, 0.15) is 37.0 Å². The number of Topliss-reactive ketones (excluding diaryl/α,β-unsaturated/α-hetero) is 1. The molecule has 1 N–H and O–H groups in total. The maximum atomic E-state index is 12.5. The predicted octanol–water partition coefficient (Wildman–Crippen LogP) is 2.20. The molecule has 0 aliphatic heterocycles. The van der Waals surface area contributed by atoms with E-state index in [0.717, 1.165) is 0 Å². The summed E-state index contributed by atoms with van der Waals surface area (Å²) in [5, 5.41) is 3.20. The van der Waals surface area contributed by atoms with Gasteiger partial charge >= 0.3 is 5.97 Å². The van der Waals surface area contributed by atoms with Crippen LogP contribution in [0.2, 0.25) is 0 Å². The third-order valence-corrected chi connectivity index (χ3v) is 3.09. The second kappa shape index (κ2) is 8.42. The van der Waals surface area contributed by atoms with Crippen LogP contribution in [0.4, 0.5) is 0 Å². The lowest BCUT2D eigenvalue weighted by atomic mass is 9.99. The molecule has 1 aromatic rings. The third-order valence-electron chi connectivity index (χ3n) is 3.09. The standard InChI is InChI=1S/C16H23NO4/c1-11(2)17-14(9-10-15(18)21-4)16(19)12-5-7-13(20-3)8-6-12/h5-8,11,14,17H,9-10H2,1-4H3. The molecule has 0 fully saturated rings. The van der Waals surface area contributed by atoms with E-state index in [2.05, 4.69) is 10.1 Å². The van der Waals surface area contributed by atoms with Gasteiger partial charge in [0.1, 0.15) is 5.75 Å². The van der Waals surface area contributed by atoms with Crippen molar-refractivity contribution in [1.29, 1.82) is 0 Å². The molecule has 0 saturated carbocycles. The van der Waals surface area contributed by atoms with Gasteiger partial charge in [0.05, 0.1) is 20.3 Å². The van der Waals surface area contributed by atoms with Gasteiger partial charge in [-0.1, -0.05) is 13.8 Å². The lowest BCUT2D eigenvalue weighted by Crippen LogP contribution is -2.41. The lowest BCUT2D eigenvalue weighted by molar-refractivity contribution is -0.140. The maximum Gasteiger partial charge on any atom is 0.305 e. The van der Waals surface area contributed by atoms with Crippen LogP contribution in [-0.2, 0) is 9.53 Å². The Kier molecular flexibility index (Phi) is 6.88. The number of carbonyl (C=O) groups excluding carboxylic acids is 2. The van der Waals surface area contributed by atoms with Crippen LogP contribution in [-0.4, -0.2) is 38.1 Å². The minimum Gasteiger partial charge on any atom is -0.497 e. The molecule has 0 bridgehead atoms. The highest BCUT2D eigenvalue weighted by Crippen LogP contribution is 2.15. The second-order valence-corrected chi connectivity index (χ2v) is 5.08. The summed E-state index contributed by atoms with van der Waals surface area (Å²) in [5.41, 5.74) is 0.596. The van der Waals surface area contributed by atoms with Crippen molar-refractivity contribution in [2.45, 2.75) is 38.8 Å². The number of methoxy groups -OCH3 is 2. The molecular formula is C16H23NO4. The van der Waals surface area contributed by atoms with Gasteiger partial charge in [0, 0.05) is 18.0 Å². The Morgan fingerprint density at radius 3 is 2.24 bits per heavy atom. The van der Waals surface area contributed by atoms with E-state index < -0.39 is 6.04 Å². The number of carbonyl (C=O) groups is 2. The summed E-state index contributed by atoms with van der Waals surface area (Å²) in [5.74, 6) is 0.359. The van der Waals surface area contributed by atoms with E-state index in [1.807, 2.05) is 13.8 Å². The molecule has 0 aliphatic rings. The average molecular weight is 293 g/mol. The highest BCUT2D eigenvalue weighted by Gasteiger charge is 2.21. The number of ether oxygens (including phenoxy) is 2. The number of rotatable bonds is 8. The van der Waals surface area contributed by atoms with Gasteiger partial charge in [0.25, 0.3) is 0 Å². The fourth-order valence-electron chi connectivity index (χ4n) is 2.01. The summed E-state index contributed by atoms with van der Waals surface area (Å²) in [6.07, 6.45) is 0.624. The summed E-state index contributed by atoms with van der Waals surface area (Å²) in [7, 11) is 2.93. The fraction of sp³-hybridized carbons (Fsp3) is 0.500. The Bertz CT molecular complexity index is 468. The summed E-state index contributed by atoms with van der Waals surface area (Å²) >= 11 is 0. The summed E-state index contributed by atoms with van der Waals surface area (Å²) in [4.78, 5) is 23.8. The van der Waals surface area contributed by atoms with Gasteiger partial charge in [-0.3, -0.25) is 9.59 Å². The first-order chi connectivity index (χ1) is 9.97. The molecule has 1 unspecified atom stereocenters. The van der Waals surface area contributed by atoms with Crippen molar-refractivity contribution in [3.05, 3.63) is 29.8 Å². The van der Waals surface area contributed by atoms with Crippen LogP contribution in [0.3, 0.4) is 0 Å². The first kappa shape index (κ1) is 17.2. The SMILES string of the molecule is COC(=O)CCC(NC(C)C)C(=O)c1ccc(OC)cc1. The molecule has 0 aromatic heterocycles. The first-order valence-electron chi connectivity index (χ1n) is 6.99. The lowest BCUT2D eigenvalue weighted by Gasteiger charge is -2.20. The molecular weight excluding hydrogens is 270 g/mol. The number of nitrogens with one attached hydrogen (secondary N) is 1. The zero-order valence-electron chi connectivity index (χ0n) is 13.0. The van der Waals surface area contributed by atoms with E-state index in [-0.39, 0.29) is 24.2 Å². The monoisotopic (exact) mass is 293 g/mol. The summed E-state index contributed by atoms with van der Waals surface area (Å²) < 4.78 is 9.71. The molecule has 0 saturated heterocycles. The van der Waals surface area contributed by atoms with Gasteiger partial charge in [0.15, 0.2) is 5.78 Å². The zero-order chi connectivity index (χ0) is 15.8. The highest BCUT2D eigenvalue weighted by atomic mass is 16.5. The highest BCUT2D eigenvalue weighted by molar-refractivity contribution is 6.00. The van der Waals surface area contributed by atoms with E-state index >= 15 is 0 Å². The molecule has 0 amide bonds. The van der Waals surface area contributed by atoms with Crippen LogP contribution in [0.25, 0.3) is 0 Å². The topological polar surface area (TPSA) is 64.6 Å². The molecule has 5 heteroatoms. The van der Waals surface area contributed by atoms with Crippen molar-refractivity contribution in [2.75, 3.05) is 14.2 Å². The fourth-order valence-corrected chi connectivity index (χ4v) is 2.01. The predicted molar refractivity (Wildman–Crippen MR) is 80.6 cm³/mol. The normalized spacial score (nSPS) is 12.0. The third kappa shape index (κ3) is 5.55. The van der Waals surface area contributed by atoms with E-state index in [1.54, 1.807) is 31.4 Å². The average Bonchev–Trinajstić information content (AvgIpc) is 2.50. The number of ketones is 1. The first-order valence-corrected chi connectivity index (χ1v) is 6.99. The van der Waals surface area contributed by atoms with E-state index in [4.69, 9.17) is 4.74 Å². The van der Waals surface area contributed by atoms with Gasteiger partial charge in [-0.25, -0.2) is 0 Å². The minimum atomic E-state index is -0.405. The largest absolute Gasteiger partial charge is 0.497 e. The van der Waals surface area contributed by atoms with Crippen molar-refractivity contribution < 1.29 is 19.1 Å². The van der Waals surface area contributed by atoms with Crippen molar-refractivity contribution >= 4 is 11.8 Å². The minimum absolute atomic E-state index is 0.0322. The molecule has 1 aromatic carbocycles. The molecule has 21 heavy (non-hydrogen) atoms. The van der Waals surface area contributed by atoms with Crippen molar-refractivity contribution in [1.82, 2.24) is 5.32 Å². The van der Waals surface area contributed by atoms with Gasteiger partial charge in [-0.05, 0) is 30.7 Å². The molecule has 0 heterocycles. The Morgan fingerprint density at radius 2 is 1.76 bits per heavy atom. The Labute approximate surface area is 125 Å². The smallest absolute Gasteiger partial charge is 0.305 e. The number of esters is 1. The number of hydrogen-bond donors (Lipinski definition) is 1. The van der Waals surface area contributed by atoms with Crippen LogP contribution in [0.5, 0.6) is 5.75 Å². The Hall–Kier alpha value is -1.88. The Balaban J connectivity index is 2.79. The Morgan fingerprint density at radius 1 is 1.14 bits per heavy atom. The van der Waals surface area contributed by atoms with E-state index in [0.29, 0.717) is 17.7 Å². The van der Waals surface area contributed by atoms with Gasteiger partial charge in [-0.15, -0.1) is 0 Å². The van der Waals surface area contributed by atoms with Crippen LogP contribution >= 0.6 is 0 Å².